The lowest BCUT2D eigenvalue weighted by atomic mass is 9.85. The molecule has 2 amide bonds. The molecule has 3 atom stereocenters. The molecular weight excluding hydrogens is 548 g/mol. The SMILES string of the molecule is Cc1ncsc1-c1ccc(/C=N/CC(=O)C2CC(O)CN2C(=O)[C@@H](NC(=O)CCOCCC(=O)O)C(C)(C)C)cc1. The summed E-state index contributed by atoms with van der Waals surface area (Å²) in [6, 6.07) is 5.96. The minimum Gasteiger partial charge on any atom is -0.481 e. The van der Waals surface area contributed by atoms with Crippen LogP contribution in [0.3, 0.4) is 0 Å². The van der Waals surface area contributed by atoms with E-state index >= 15 is 0 Å². The number of carboxylic acid groups (broad SMARTS) is 1. The van der Waals surface area contributed by atoms with Crippen molar-refractivity contribution in [2.45, 2.75) is 65.1 Å². The highest BCUT2D eigenvalue weighted by molar-refractivity contribution is 7.13. The van der Waals surface area contributed by atoms with Crippen molar-refractivity contribution in [2.24, 2.45) is 10.4 Å². The molecule has 222 valence electrons. The van der Waals surface area contributed by atoms with Crippen LogP contribution in [0.1, 0.15) is 51.3 Å². The first-order valence-corrected chi connectivity index (χ1v) is 14.3. The molecular formula is C29H38N4O7S. The average molecular weight is 587 g/mol. The van der Waals surface area contributed by atoms with E-state index in [1.165, 1.54) is 4.90 Å². The Morgan fingerprint density at radius 3 is 2.49 bits per heavy atom. The van der Waals surface area contributed by atoms with Gasteiger partial charge in [-0.2, -0.15) is 0 Å². The van der Waals surface area contributed by atoms with Gasteiger partial charge < -0.3 is 25.2 Å². The van der Waals surface area contributed by atoms with Gasteiger partial charge in [-0.15, -0.1) is 11.3 Å². The van der Waals surface area contributed by atoms with E-state index in [-0.39, 0.29) is 51.3 Å². The molecule has 1 fully saturated rings. The molecule has 1 aromatic carbocycles. The molecule has 3 rings (SSSR count). The maximum atomic E-state index is 13.6. The number of Topliss-reactive ketones (excluding diaryl/α,β-unsaturated/α-hetero) is 1. The van der Waals surface area contributed by atoms with Crippen LogP contribution in [-0.2, 0) is 23.9 Å². The molecule has 3 N–H and O–H groups in total. The van der Waals surface area contributed by atoms with Gasteiger partial charge >= 0.3 is 5.97 Å². The molecule has 0 bridgehead atoms. The second kappa shape index (κ2) is 14.4. The van der Waals surface area contributed by atoms with E-state index in [1.807, 2.05) is 31.2 Å². The molecule has 1 saturated heterocycles. The number of aromatic nitrogens is 1. The maximum absolute atomic E-state index is 13.6. The summed E-state index contributed by atoms with van der Waals surface area (Å²) in [5, 5.41) is 21.7. The number of hydrogen-bond donors (Lipinski definition) is 3. The van der Waals surface area contributed by atoms with Crippen LogP contribution >= 0.6 is 11.3 Å². The van der Waals surface area contributed by atoms with Crippen molar-refractivity contribution < 1.29 is 34.1 Å². The number of nitrogens with one attached hydrogen (secondary N) is 1. The van der Waals surface area contributed by atoms with E-state index in [4.69, 9.17) is 9.84 Å². The van der Waals surface area contributed by atoms with Gasteiger partial charge in [-0.1, -0.05) is 45.0 Å². The van der Waals surface area contributed by atoms with Crippen LogP contribution in [0.2, 0.25) is 0 Å². The molecule has 11 nitrogen and oxygen atoms in total. The number of benzene rings is 1. The van der Waals surface area contributed by atoms with Crippen molar-refractivity contribution in [3.63, 3.8) is 0 Å². The van der Waals surface area contributed by atoms with Crippen LogP contribution in [0.4, 0.5) is 0 Å². The smallest absolute Gasteiger partial charge is 0.305 e. The van der Waals surface area contributed by atoms with Crippen LogP contribution in [-0.4, -0.2) is 94.4 Å². The zero-order valence-electron chi connectivity index (χ0n) is 23.8. The monoisotopic (exact) mass is 586 g/mol. The minimum absolute atomic E-state index is 0.0132. The number of hydrogen-bond acceptors (Lipinski definition) is 9. The number of ether oxygens (including phenoxy) is 1. The number of aliphatic carboxylic acids is 1. The van der Waals surface area contributed by atoms with Gasteiger partial charge in [0.05, 0.1) is 54.4 Å². The Labute approximate surface area is 243 Å². The number of β-amino-alcohol motifs (C(OH)–C–C–N with tert-alkyl or cyclic N) is 1. The molecule has 2 unspecified atom stereocenters. The summed E-state index contributed by atoms with van der Waals surface area (Å²) in [6.07, 6.45) is 0.629. The van der Waals surface area contributed by atoms with Gasteiger partial charge in [0.1, 0.15) is 6.04 Å². The Bertz CT molecular complexity index is 1250. The van der Waals surface area contributed by atoms with E-state index in [1.54, 1.807) is 43.8 Å². The topological polar surface area (TPSA) is 158 Å². The third-order valence-corrected chi connectivity index (χ3v) is 7.67. The number of amides is 2. The highest BCUT2D eigenvalue weighted by Gasteiger charge is 2.44. The number of likely N-dealkylation sites (tertiary alicyclic amines) is 1. The minimum atomic E-state index is -0.994. The number of nitrogens with zero attached hydrogens (tertiary/aromatic N) is 3. The first kappa shape index (κ1) is 32.0. The standard InChI is InChI=1S/C29H38N4O7S/c1-18-26(41-17-31-18)20-7-5-19(6-8-20)14-30-15-23(35)22-13-21(34)16-33(22)28(39)27(29(2,3)4)32-24(36)9-11-40-12-10-25(37)38/h5-8,14,17,21-22,27,34H,9-13,15-16H2,1-4H3,(H,32,36)(H,37,38)/b30-14+/t21?,22?,27-/m1/s1. The fourth-order valence-electron chi connectivity index (χ4n) is 4.48. The predicted molar refractivity (Wildman–Crippen MR) is 155 cm³/mol. The third-order valence-electron chi connectivity index (χ3n) is 6.69. The number of carbonyl (C=O) groups is 4. The lowest BCUT2D eigenvalue weighted by molar-refractivity contribution is -0.143. The normalized spacial score (nSPS) is 18.0. The van der Waals surface area contributed by atoms with E-state index in [0.29, 0.717) is 0 Å². The Balaban J connectivity index is 1.60. The van der Waals surface area contributed by atoms with E-state index in [0.717, 1.165) is 21.7 Å². The van der Waals surface area contributed by atoms with Crippen LogP contribution in [0.15, 0.2) is 34.8 Å². The van der Waals surface area contributed by atoms with E-state index < -0.39 is 41.4 Å². The number of rotatable bonds is 13. The second-order valence-corrected chi connectivity index (χ2v) is 11.9. The Morgan fingerprint density at radius 1 is 1.20 bits per heavy atom. The van der Waals surface area contributed by atoms with Gasteiger partial charge in [-0.3, -0.25) is 24.2 Å². The van der Waals surface area contributed by atoms with Crippen molar-refractivity contribution in [3.8, 4) is 10.4 Å². The molecule has 0 radical (unpaired) electrons. The summed E-state index contributed by atoms with van der Waals surface area (Å²) in [5.41, 5.74) is 3.97. The quantitative estimate of drug-likeness (QED) is 0.239. The largest absolute Gasteiger partial charge is 0.481 e. The van der Waals surface area contributed by atoms with Crippen molar-refractivity contribution in [2.75, 3.05) is 26.3 Å². The fraction of sp³-hybridized carbons (Fsp3) is 0.517. The molecule has 0 spiro atoms. The van der Waals surface area contributed by atoms with Gasteiger partial charge in [0.15, 0.2) is 5.78 Å². The van der Waals surface area contributed by atoms with Gasteiger partial charge in [0, 0.05) is 25.6 Å². The van der Waals surface area contributed by atoms with Crippen molar-refractivity contribution in [1.29, 1.82) is 0 Å². The summed E-state index contributed by atoms with van der Waals surface area (Å²) < 4.78 is 5.17. The highest BCUT2D eigenvalue weighted by atomic mass is 32.1. The number of aliphatic hydroxyl groups is 1. The van der Waals surface area contributed by atoms with E-state index in [9.17, 15) is 24.3 Å². The molecule has 1 aliphatic rings. The Hall–Kier alpha value is -3.48. The Kier molecular flexibility index (Phi) is 11.3. The lowest BCUT2D eigenvalue weighted by Gasteiger charge is -2.35. The zero-order valence-corrected chi connectivity index (χ0v) is 24.6. The third kappa shape index (κ3) is 9.27. The summed E-state index contributed by atoms with van der Waals surface area (Å²) >= 11 is 1.57. The second-order valence-electron chi connectivity index (χ2n) is 11.1. The number of aryl methyl sites for hydroxylation is 1. The fourth-order valence-corrected chi connectivity index (χ4v) is 5.29. The summed E-state index contributed by atoms with van der Waals surface area (Å²) in [7, 11) is 0. The van der Waals surface area contributed by atoms with Gasteiger partial charge in [-0.05, 0) is 23.5 Å². The number of aliphatic imine (C=N–C) groups is 1. The van der Waals surface area contributed by atoms with Crippen molar-refractivity contribution in [1.82, 2.24) is 15.2 Å². The molecule has 0 aliphatic carbocycles. The van der Waals surface area contributed by atoms with Crippen LogP contribution in [0.25, 0.3) is 10.4 Å². The van der Waals surface area contributed by atoms with Crippen LogP contribution in [0, 0.1) is 12.3 Å². The predicted octanol–water partition coefficient (Wildman–Crippen LogP) is 2.48. The van der Waals surface area contributed by atoms with Gasteiger partial charge in [0.25, 0.3) is 0 Å². The first-order valence-electron chi connectivity index (χ1n) is 13.5. The molecule has 2 heterocycles. The number of carboxylic acids is 1. The number of carbonyl (C=O) groups excluding carboxylic acids is 3. The van der Waals surface area contributed by atoms with E-state index in [2.05, 4.69) is 15.3 Å². The van der Waals surface area contributed by atoms with Gasteiger partial charge in [0.2, 0.25) is 11.8 Å². The number of thiazole rings is 1. The zero-order chi connectivity index (χ0) is 30.2. The lowest BCUT2D eigenvalue weighted by Crippen LogP contribution is -2.57. The van der Waals surface area contributed by atoms with Crippen LogP contribution in [0.5, 0.6) is 0 Å². The summed E-state index contributed by atoms with van der Waals surface area (Å²) in [5.74, 6) is -2.18. The van der Waals surface area contributed by atoms with Crippen LogP contribution < -0.4 is 5.32 Å². The molecule has 2 aromatic rings. The average Bonchev–Trinajstić information content (AvgIpc) is 3.51. The van der Waals surface area contributed by atoms with Crippen molar-refractivity contribution >= 4 is 41.1 Å². The maximum Gasteiger partial charge on any atom is 0.305 e. The number of aliphatic hydroxyl groups excluding tert-OH is 1. The molecule has 12 heteroatoms. The molecule has 0 saturated carbocycles. The molecule has 41 heavy (non-hydrogen) atoms. The molecule has 1 aliphatic heterocycles. The molecule has 1 aromatic heterocycles. The summed E-state index contributed by atoms with van der Waals surface area (Å²) in [6.45, 7) is 7.19. The Morgan fingerprint density at radius 2 is 1.88 bits per heavy atom. The highest BCUT2D eigenvalue weighted by Crippen LogP contribution is 2.28. The summed E-state index contributed by atoms with van der Waals surface area (Å²) in [4.78, 5) is 60.9. The number of ketones is 1. The van der Waals surface area contributed by atoms with Crippen molar-refractivity contribution in [3.05, 3.63) is 41.0 Å². The first-order chi connectivity index (χ1) is 19.4. The van der Waals surface area contributed by atoms with Gasteiger partial charge in [-0.25, -0.2) is 4.98 Å².